The summed E-state index contributed by atoms with van der Waals surface area (Å²) in [6, 6.07) is 6.84. The molecule has 0 saturated heterocycles. The molecule has 0 saturated carbocycles. The van der Waals surface area contributed by atoms with E-state index in [1.54, 1.807) is 12.1 Å². The highest BCUT2D eigenvalue weighted by molar-refractivity contribution is 6.08. The largest absolute Gasteiger partial charge is 0.454 e. The minimum absolute atomic E-state index is 0.140. The summed E-state index contributed by atoms with van der Waals surface area (Å²) >= 11 is 0. The average molecular weight is 285 g/mol. The van der Waals surface area contributed by atoms with Crippen molar-refractivity contribution in [1.82, 2.24) is 4.98 Å². The summed E-state index contributed by atoms with van der Waals surface area (Å²) in [6.07, 6.45) is 0. The number of ether oxygens (including phenoxy) is 2. The average Bonchev–Trinajstić information content (AvgIpc) is 2.88. The SMILES string of the molecule is Cc1ccc(NC(=O)c2cc3c(cc2N)OCO3)c(C)n1. The minimum atomic E-state index is -0.306. The molecule has 0 atom stereocenters. The minimum Gasteiger partial charge on any atom is -0.454 e. The first kappa shape index (κ1) is 13.2. The van der Waals surface area contributed by atoms with Crippen molar-refractivity contribution in [3.63, 3.8) is 0 Å². The molecule has 108 valence electrons. The summed E-state index contributed by atoms with van der Waals surface area (Å²) in [5, 5.41) is 2.81. The number of hydrogen-bond donors (Lipinski definition) is 2. The molecule has 0 aliphatic carbocycles. The molecule has 0 radical (unpaired) electrons. The molecule has 1 aliphatic rings. The third-order valence-electron chi connectivity index (χ3n) is 3.26. The molecule has 0 bridgehead atoms. The second-order valence-electron chi connectivity index (χ2n) is 4.83. The Morgan fingerprint density at radius 1 is 1.24 bits per heavy atom. The van der Waals surface area contributed by atoms with Crippen molar-refractivity contribution in [2.75, 3.05) is 17.8 Å². The summed E-state index contributed by atoms with van der Waals surface area (Å²) in [5.74, 6) is 0.768. The number of aromatic nitrogens is 1. The van der Waals surface area contributed by atoms with Crippen LogP contribution in [-0.4, -0.2) is 17.7 Å². The highest BCUT2D eigenvalue weighted by Crippen LogP contribution is 2.36. The number of carbonyl (C=O) groups excluding carboxylic acids is 1. The Bertz CT molecular complexity index is 728. The molecule has 0 spiro atoms. The number of anilines is 2. The number of pyridine rings is 1. The van der Waals surface area contributed by atoms with Crippen LogP contribution in [0.15, 0.2) is 24.3 Å². The van der Waals surface area contributed by atoms with Crippen molar-refractivity contribution in [2.24, 2.45) is 0 Å². The fraction of sp³-hybridized carbons (Fsp3) is 0.200. The van der Waals surface area contributed by atoms with E-state index >= 15 is 0 Å². The molecular weight excluding hydrogens is 270 g/mol. The summed E-state index contributed by atoms with van der Waals surface area (Å²) < 4.78 is 10.5. The van der Waals surface area contributed by atoms with E-state index in [2.05, 4.69) is 10.3 Å². The van der Waals surface area contributed by atoms with Gasteiger partial charge >= 0.3 is 0 Å². The summed E-state index contributed by atoms with van der Waals surface area (Å²) in [4.78, 5) is 16.7. The number of nitrogens with two attached hydrogens (primary N) is 1. The zero-order chi connectivity index (χ0) is 15.0. The Kier molecular flexibility index (Phi) is 3.13. The molecule has 3 rings (SSSR count). The number of fused-ring (bicyclic) bond motifs is 1. The number of amides is 1. The Hall–Kier alpha value is -2.76. The predicted octanol–water partition coefficient (Wildman–Crippen LogP) is 2.26. The number of rotatable bonds is 2. The van der Waals surface area contributed by atoms with Crippen LogP contribution in [-0.2, 0) is 0 Å². The van der Waals surface area contributed by atoms with Crippen molar-refractivity contribution in [3.8, 4) is 11.5 Å². The topological polar surface area (TPSA) is 86.5 Å². The zero-order valence-electron chi connectivity index (χ0n) is 11.8. The summed E-state index contributed by atoms with van der Waals surface area (Å²) in [6.45, 7) is 3.88. The number of benzene rings is 1. The molecule has 1 aliphatic heterocycles. The lowest BCUT2D eigenvalue weighted by Crippen LogP contribution is -2.15. The maximum atomic E-state index is 12.4. The normalized spacial score (nSPS) is 12.3. The third-order valence-corrected chi connectivity index (χ3v) is 3.26. The lowest BCUT2D eigenvalue weighted by Gasteiger charge is -2.10. The molecule has 21 heavy (non-hydrogen) atoms. The molecule has 1 aromatic carbocycles. The van der Waals surface area contributed by atoms with E-state index in [-0.39, 0.29) is 12.7 Å². The van der Waals surface area contributed by atoms with Crippen molar-refractivity contribution >= 4 is 17.3 Å². The number of nitrogens with zero attached hydrogens (tertiary/aromatic N) is 1. The van der Waals surface area contributed by atoms with Crippen LogP contribution in [0.25, 0.3) is 0 Å². The molecule has 1 aromatic heterocycles. The highest BCUT2D eigenvalue weighted by Gasteiger charge is 2.20. The van der Waals surface area contributed by atoms with E-state index < -0.39 is 0 Å². The molecule has 6 nitrogen and oxygen atoms in total. The van der Waals surface area contributed by atoms with Crippen molar-refractivity contribution in [1.29, 1.82) is 0 Å². The van der Waals surface area contributed by atoms with Crippen LogP contribution in [0.4, 0.5) is 11.4 Å². The Morgan fingerprint density at radius 3 is 2.67 bits per heavy atom. The van der Waals surface area contributed by atoms with Crippen LogP contribution in [0, 0.1) is 13.8 Å². The first-order chi connectivity index (χ1) is 10.0. The van der Waals surface area contributed by atoms with Gasteiger partial charge in [0.15, 0.2) is 11.5 Å². The summed E-state index contributed by atoms with van der Waals surface area (Å²) in [5.41, 5.74) is 8.89. The van der Waals surface area contributed by atoms with Crippen LogP contribution in [0.1, 0.15) is 21.7 Å². The standard InChI is InChI=1S/C15H15N3O3/c1-8-3-4-12(9(2)17-8)18-15(19)10-5-13-14(6-11(10)16)21-7-20-13/h3-6H,7,16H2,1-2H3,(H,18,19). The van der Waals surface area contributed by atoms with E-state index in [0.29, 0.717) is 28.4 Å². The number of aryl methyl sites for hydroxylation is 2. The van der Waals surface area contributed by atoms with Gasteiger partial charge in [0.25, 0.3) is 5.91 Å². The van der Waals surface area contributed by atoms with E-state index in [0.717, 1.165) is 11.4 Å². The molecule has 3 N–H and O–H groups in total. The maximum absolute atomic E-state index is 12.4. The Labute approximate surface area is 121 Å². The van der Waals surface area contributed by atoms with Gasteiger partial charge in [-0.1, -0.05) is 0 Å². The first-order valence-corrected chi connectivity index (χ1v) is 6.49. The number of nitrogen functional groups attached to an aromatic ring is 1. The molecule has 6 heteroatoms. The van der Waals surface area contributed by atoms with Gasteiger partial charge in [-0.05, 0) is 32.0 Å². The van der Waals surface area contributed by atoms with E-state index in [1.165, 1.54) is 0 Å². The Morgan fingerprint density at radius 2 is 1.95 bits per heavy atom. The number of hydrogen-bond acceptors (Lipinski definition) is 5. The zero-order valence-corrected chi connectivity index (χ0v) is 11.8. The van der Waals surface area contributed by atoms with Gasteiger partial charge in [0, 0.05) is 17.4 Å². The van der Waals surface area contributed by atoms with Gasteiger partial charge in [-0.3, -0.25) is 9.78 Å². The van der Waals surface area contributed by atoms with Gasteiger partial charge in [0.1, 0.15) is 0 Å². The highest BCUT2D eigenvalue weighted by atomic mass is 16.7. The fourth-order valence-electron chi connectivity index (χ4n) is 2.16. The van der Waals surface area contributed by atoms with Gasteiger partial charge < -0.3 is 20.5 Å². The van der Waals surface area contributed by atoms with Crippen molar-refractivity contribution < 1.29 is 14.3 Å². The van der Waals surface area contributed by atoms with Crippen LogP contribution in [0.3, 0.4) is 0 Å². The monoisotopic (exact) mass is 285 g/mol. The Balaban J connectivity index is 1.89. The van der Waals surface area contributed by atoms with Gasteiger partial charge in [-0.25, -0.2) is 0 Å². The molecular formula is C15H15N3O3. The lowest BCUT2D eigenvalue weighted by molar-refractivity contribution is 0.102. The van der Waals surface area contributed by atoms with Gasteiger partial charge in [-0.15, -0.1) is 0 Å². The maximum Gasteiger partial charge on any atom is 0.257 e. The quantitative estimate of drug-likeness (QED) is 0.826. The summed E-state index contributed by atoms with van der Waals surface area (Å²) in [7, 11) is 0. The van der Waals surface area contributed by atoms with Crippen LogP contribution < -0.4 is 20.5 Å². The van der Waals surface area contributed by atoms with Crippen LogP contribution in [0.2, 0.25) is 0 Å². The van der Waals surface area contributed by atoms with Crippen LogP contribution >= 0.6 is 0 Å². The van der Waals surface area contributed by atoms with Crippen molar-refractivity contribution in [3.05, 3.63) is 41.2 Å². The number of nitrogens with one attached hydrogen (secondary N) is 1. The smallest absolute Gasteiger partial charge is 0.257 e. The predicted molar refractivity (Wildman–Crippen MR) is 78.6 cm³/mol. The molecule has 1 amide bonds. The van der Waals surface area contributed by atoms with Gasteiger partial charge in [0.05, 0.1) is 16.9 Å². The first-order valence-electron chi connectivity index (χ1n) is 6.49. The third kappa shape index (κ3) is 2.47. The second kappa shape index (κ2) is 4.97. The molecule has 2 heterocycles. The molecule has 0 fully saturated rings. The van der Waals surface area contributed by atoms with Gasteiger partial charge in [-0.2, -0.15) is 0 Å². The van der Waals surface area contributed by atoms with E-state index in [9.17, 15) is 4.79 Å². The second-order valence-corrected chi connectivity index (χ2v) is 4.83. The fourth-order valence-corrected chi connectivity index (χ4v) is 2.16. The lowest BCUT2D eigenvalue weighted by atomic mass is 10.1. The van der Waals surface area contributed by atoms with E-state index in [4.69, 9.17) is 15.2 Å². The number of carbonyl (C=O) groups is 1. The van der Waals surface area contributed by atoms with Gasteiger partial charge in [0.2, 0.25) is 6.79 Å². The van der Waals surface area contributed by atoms with E-state index in [1.807, 2.05) is 26.0 Å². The molecule has 0 unspecified atom stereocenters. The van der Waals surface area contributed by atoms with Crippen LogP contribution in [0.5, 0.6) is 11.5 Å². The van der Waals surface area contributed by atoms with Crippen molar-refractivity contribution in [2.45, 2.75) is 13.8 Å². The molecule has 2 aromatic rings.